The summed E-state index contributed by atoms with van der Waals surface area (Å²) in [6.07, 6.45) is 3.93. The van der Waals surface area contributed by atoms with Crippen LogP contribution < -0.4 is 10.2 Å². The van der Waals surface area contributed by atoms with Crippen LogP contribution in [0.3, 0.4) is 0 Å². The Hall–Kier alpha value is -1.09. The first-order valence-electron chi connectivity index (χ1n) is 8.04. The Morgan fingerprint density at radius 1 is 1.30 bits per heavy atom. The summed E-state index contributed by atoms with van der Waals surface area (Å²) in [6, 6.07) is 2.20. The van der Waals surface area contributed by atoms with Crippen LogP contribution in [0.1, 0.15) is 49.9 Å². The van der Waals surface area contributed by atoms with E-state index in [-0.39, 0.29) is 0 Å². The second-order valence-electron chi connectivity index (χ2n) is 6.19. The maximum atomic E-state index is 4.86. The Bertz CT molecular complexity index is 442. The molecule has 1 aliphatic heterocycles. The monoisotopic (exact) mass is 275 g/mol. The Kier molecular flexibility index (Phi) is 5.41. The van der Waals surface area contributed by atoms with E-state index in [4.69, 9.17) is 4.98 Å². The van der Waals surface area contributed by atoms with Crippen LogP contribution >= 0.6 is 0 Å². The van der Waals surface area contributed by atoms with Gasteiger partial charge in [0.25, 0.3) is 0 Å². The minimum atomic E-state index is 0.850. The van der Waals surface area contributed by atoms with Crippen LogP contribution in [0.15, 0.2) is 6.07 Å². The largest absolute Gasteiger partial charge is 0.356 e. The number of nitrogens with one attached hydrogen (secondary N) is 1. The van der Waals surface area contributed by atoms with E-state index in [1.54, 1.807) is 0 Å². The van der Waals surface area contributed by atoms with Crippen molar-refractivity contribution in [3.05, 3.63) is 22.9 Å². The Morgan fingerprint density at radius 2 is 2.10 bits per heavy atom. The predicted molar refractivity (Wildman–Crippen MR) is 86.3 cm³/mol. The first-order chi connectivity index (χ1) is 9.61. The maximum absolute atomic E-state index is 4.86. The van der Waals surface area contributed by atoms with Gasteiger partial charge in [0.15, 0.2) is 0 Å². The van der Waals surface area contributed by atoms with E-state index in [9.17, 15) is 0 Å². The number of rotatable bonds is 4. The molecule has 2 rings (SSSR count). The Labute approximate surface area is 123 Å². The number of anilines is 1. The summed E-state index contributed by atoms with van der Waals surface area (Å²) in [6.45, 7) is 13.1. The Balaban J connectivity index is 2.27. The molecule has 3 heteroatoms. The number of aromatic nitrogens is 1. The van der Waals surface area contributed by atoms with Gasteiger partial charge in [0.05, 0.1) is 0 Å². The minimum Gasteiger partial charge on any atom is -0.356 e. The van der Waals surface area contributed by atoms with Gasteiger partial charge in [-0.25, -0.2) is 4.98 Å². The van der Waals surface area contributed by atoms with Crippen LogP contribution in [0.4, 0.5) is 5.82 Å². The average molecular weight is 275 g/mol. The highest BCUT2D eigenvalue weighted by Gasteiger charge is 2.19. The third-order valence-corrected chi connectivity index (χ3v) is 4.32. The molecule has 1 atom stereocenters. The lowest BCUT2D eigenvalue weighted by Crippen LogP contribution is -2.28. The second-order valence-corrected chi connectivity index (χ2v) is 6.19. The van der Waals surface area contributed by atoms with Gasteiger partial charge in [-0.3, -0.25) is 0 Å². The van der Waals surface area contributed by atoms with E-state index in [1.807, 2.05) is 0 Å². The molecule has 1 fully saturated rings. The van der Waals surface area contributed by atoms with E-state index in [0.29, 0.717) is 0 Å². The highest BCUT2D eigenvalue weighted by atomic mass is 15.2. The zero-order valence-electron chi connectivity index (χ0n) is 13.5. The first-order valence-corrected chi connectivity index (χ1v) is 8.04. The Morgan fingerprint density at radius 3 is 2.85 bits per heavy atom. The molecule has 0 spiro atoms. The summed E-state index contributed by atoms with van der Waals surface area (Å²) in [4.78, 5) is 7.37. The summed E-state index contributed by atoms with van der Waals surface area (Å²) in [5.74, 6) is 2.07. The molecule has 1 unspecified atom stereocenters. The van der Waals surface area contributed by atoms with Crippen LogP contribution in [-0.2, 0) is 6.54 Å². The molecule has 2 heterocycles. The minimum absolute atomic E-state index is 0.850. The van der Waals surface area contributed by atoms with Gasteiger partial charge < -0.3 is 10.2 Å². The quantitative estimate of drug-likeness (QED) is 0.912. The zero-order chi connectivity index (χ0) is 14.5. The lowest BCUT2D eigenvalue weighted by atomic mass is 10.0. The molecule has 0 aliphatic carbocycles. The summed E-state index contributed by atoms with van der Waals surface area (Å²) < 4.78 is 0. The van der Waals surface area contributed by atoms with Gasteiger partial charge in [0, 0.05) is 30.9 Å². The summed E-state index contributed by atoms with van der Waals surface area (Å²) >= 11 is 0. The lowest BCUT2D eigenvalue weighted by Gasteiger charge is -2.26. The van der Waals surface area contributed by atoms with Gasteiger partial charge in [-0.2, -0.15) is 0 Å². The molecule has 0 aromatic carbocycles. The van der Waals surface area contributed by atoms with Gasteiger partial charge in [-0.15, -0.1) is 0 Å². The molecular weight excluding hydrogens is 246 g/mol. The molecule has 0 bridgehead atoms. The number of nitrogens with zero attached hydrogens (tertiary/aromatic N) is 2. The lowest BCUT2D eigenvalue weighted by molar-refractivity contribution is 0.521. The average Bonchev–Trinajstić information content (AvgIpc) is 2.62. The molecule has 0 saturated carbocycles. The third kappa shape index (κ3) is 3.72. The van der Waals surface area contributed by atoms with Gasteiger partial charge in [-0.1, -0.05) is 13.8 Å². The number of hydrogen-bond donors (Lipinski definition) is 1. The molecule has 1 N–H and O–H groups in total. The van der Waals surface area contributed by atoms with E-state index in [0.717, 1.165) is 37.8 Å². The molecule has 1 saturated heterocycles. The van der Waals surface area contributed by atoms with Crippen LogP contribution in [-0.4, -0.2) is 24.6 Å². The van der Waals surface area contributed by atoms with Gasteiger partial charge >= 0.3 is 0 Å². The number of aryl methyl sites for hydroxylation is 2. The van der Waals surface area contributed by atoms with E-state index < -0.39 is 0 Å². The van der Waals surface area contributed by atoms with Crippen molar-refractivity contribution in [2.24, 2.45) is 5.92 Å². The topological polar surface area (TPSA) is 28.2 Å². The molecular formula is C17H29N3. The zero-order valence-corrected chi connectivity index (χ0v) is 13.5. The molecule has 0 radical (unpaired) electrons. The summed E-state index contributed by atoms with van der Waals surface area (Å²) in [7, 11) is 0. The van der Waals surface area contributed by atoms with Gasteiger partial charge in [-0.05, 0) is 57.2 Å². The second kappa shape index (κ2) is 7.07. The van der Waals surface area contributed by atoms with Crippen molar-refractivity contribution in [2.75, 3.05) is 24.5 Å². The van der Waals surface area contributed by atoms with Crippen LogP contribution in [0.2, 0.25) is 0 Å². The van der Waals surface area contributed by atoms with Crippen molar-refractivity contribution in [2.45, 2.75) is 53.5 Å². The maximum Gasteiger partial charge on any atom is 0.133 e. The molecule has 1 aromatic rings. The van der Waals surface area contributed by atoms with Gasteiger partial charge in [0.2, 0.25) is 0 Å². The molecule has 112 valence electrons. The fourth-order valence-electron chi connectivity index (χ4n) is 3.05. The fraction of sp³-hybridized carbons (Fsp3) is 0.706. The van der Waals surface area contributed by atoms with Crippen molar-refractivity contribution in [3.63, 3.8) is 0 Å². The SMILES string of the molecule is CCNCc1c(C)cc(C)nc1N1CCCC(C)CC1. The molecule has 1 aromatic heterocycles. The molecule has 3 nitrogen and oxygen atoms in total. The highest BCUT2D eigenvalue weighted by molar-refractivity contribution is 5.51. The van der Waals surface area contributed by atoms with Crippen LogP contribution in [0.25, 0.3) is 0 Å². The van der Waals surface area contributed by atoms with Crippen molar-refractivity contribution in [1.82, 2.24) is 10.3 Å². The summed E-state index contributed by atoms with van der Waals surface area (Å²) in [5.41, 5.74) is 3.88. The molecule has 1 aliphatic rings. The summed E-state index contributed by atoms with van der Waals surface area (Å²) in [5, 5.41) is 3.46. The van der Waals surface area contributed by atoms with Gasteiger partial charge in [0.1, 0.15) is 5.82 Å². The predicted octanol–water partition coefficient (Wildman–Crippen LogP) is 3.43. The van der Waals surface area contributed by atoms with Crippen LogP contribution in [0, 0.1) is 19.8 Å². The normalized spacial score (nSPS) is 20.0. The number of pyridine rings is 1. The smallest absolute Gasteiger partial charge is 0.133 e. The van der Waals surface area contributed by atoms with Crippen LogP contribution in [0.5, 0.6) is 0 Å². The van der Waals surface area contributed by atoms with Crippen molar-refractivity contribution in [3.8, 4) is 0 Å². The highest BCUT2D eigenvalue weighted by Crippen LogP contribution is 2.26. The van der Waals surface area contributed by atoms with E-state index in [1.165, 1.54) is 36.2 Å². The fourth-order valence-corrected chi connectivity index (χ4v) is 3.05. The molecule has 20 heavy (non-hydrogen) atoms. The standard InChI is InChI=1S/C17H29N3/c1-5-18-12-16-14(3)11-15(4)19-17(16)20-9-6-7-13(2)8-10-20/h11,13,18H,5-10,12H2,1-4H3. The number of hydrogen-bond acceptors (Lipinski definition) is 3. The first kappa shape index (κ1) is 15.3. The third-order valence-electron chi connectivity index (χ3n) is 4.32. The van der Waals surface area contributed by atoms with Crippen molar-refractivity contribution in [1.29, 1.82) is 0 Å². The van der Waals surface area contributed by atoms with Crippen molar-refractivity contribution >= 4 is 5.82 Å². The van der Waals surface area contributed by atoms with E-state index >= 15 is 0 Å². The molecule has 0 amide bonds. The van der Waals surface area contributed by atoms with Crippen molar-refractivity contribution < 1.29 is 0 Å². The van der Waals surface area contributed by atoms with E-state index in [2.05, 4.69) is 44.0 Å².